The first kappa shape index (κ1) is 17.1. The van der Waals surface area contributed by atoms with Crippen LogP contribution in [0.25, 0.3) is 16.6 Å². The zero-order valence-corrected chi connectivity index (χ0v) is 15.3. The van der Waals surface area contributed by atoms with Crippen molar-refractivity contribution >= 4 is 28.5 Å². The lowest BCUT2D eigenvalue weighted by Gasteiger charge is -2.15. The summed E-state index contributed by atoms with van der Waals surface area (Å²) in [6.07, 6.45) is 7.65. The number of para-hydroxylation sites is 2. The number of nitrogens with one attached hydrogen (secondary N) is 2. The number of carbonyl (C=O) groups is 1. The summed E-state index contributed by atoms with van der Waals surface area (Å²) in [7, 11) is 0. The number of hydrogen-bond acceptors (Lipinski definition) is 5. The molecule has 2 aliphatic rings. The van der Waals surface area contributed by atoms with Gasteiger partial charge in [-0.1, -0.05) is 54.6 Å². The summed E-state index contributed by atoms with van der Waals surface area (Å²) >= 11 is 0. The molecule has 3 aromatic rings. The fourth-order valence-electron chi connectivity index (χ4n) is 3.64. The summed E-state index contributed by atoms with van der Waals surface area (Å²) in [6, 6.07) is 16.3. The van der Waals surface area contributed by atoms with Gasteiger partial charge in [0.2, 0.25) is 5.95 Å². The van der Waals surface area contributed by atoms with E-state index in [1.54, 1.807) is 18.2 Å². The van der Waals surface area contributed by atoms with Gasteiger partial charge in [-0.2, -0.15) is 5.10 Å². The Balaban J connectivity index is 1.63. The van der Waals surface area contributed by atoms with Gasteiger partial charge in [0.05, 0.1) is 28.6 Å². The number of hydrogen-bond donors (Lipinski definition) is 2. The lowest BCUT2D eigenvalue weighted by Crippen LogP contribution is -2.26. The first-order chi connectivity index (χ1) is 14.2. The molecule has 1 amide bonds. The molecule has 7 nitrogen and oxygen atoms in total. The van der Waals surface area contributed by atoms with Crippen molar-refractivity contribution in [2.45, 2.75) is 6.04 Å². The monoisotopic (exact) mass is 383 g/mol. The maximum atomic E-state index is 13.2. The van der Waals surface area contributed by atoms with Crippen LogP contribution in [0.15, 0.2) is 88.8 Å². The fraction of sp³-hybridized carbons (Fsp3) is 0.0909. The van der Waals surface area contributed by atoms with Crippen molar-refractivity contribution < 1.29 is 4.79 Å². The van der Waals surface area contributed by atoms with Crippen LogP contribution < -0.4 is 16.3 Å². The van der Waals surface area contributed by atoms with Crippen LogP contribution in [0.5, 0.6) is 0 Å². The number of rotatable bonds is 3. The van der Waals surface area contributed by atoms with Gasteiger partial charge in [-0.05, 0) is 24.3 Å². The van der Waals surface area contributed by atoms with Crippen molar-refractivity contribution in [3.8, 4) is 5.69 Å². The number of amides is 1. The van der Waals surface area contributed by atoms with Crippen LogP contribution >= 0.6 is 0 Å². The normalized spacial score (nSPS) is 21.4. The highest BCUT2D eigenvalue weighted by Crippen LogP contribution is 2.22. The Bertz CT molecular complexity index is 1260. The smallest absolute Gasteiger partial charge is 0.268 e. The molecule has 1 saturated heterocycles. The van der Waals surface area contributed by atoms with Crippen LogP contribution in [-0.4, -0.2) is 27.2 Å². The highest BCUT2D eigenvalue weighted by Gasteiger charge is 2.37. The van der Waals surface area contributed by atoms with E-state index >= 15 is 0 Å². The fourth-order valence-corrected chi connectivity index (χ4v) is 3.64. The summed E-state index contributed by atoms with van der Waals surface area (Å²) < 4.78 is 1.47. The second-order valence-corrected chi connectivity index (χ2v) is 6.83. The summed E-state index contributed by atoms with van der Waals surface area (Å²) in [5.41, 5.74) is 4.24. The number of aromatic nitrogens is 2. The molecule has 0 unspecified atom stereocenters. The molecule has 1 aliphatic carbocycles. The SMILES string of the molecule is O=C1N[C@H]2C=CC=C[C@H]2/C1=N/Nc1nc2ccccc2c(=O)n1-c1ccccc1. The summed E-state index contributed by atoms with van der Waals surface area (Å²) in [5, 5.41) is 7.74. The Morgan fingerprint density at radius 3 is 2.59 bits per heavy atom. The third kappa shape index (κ3) is 2.93. The highest BCUT2D eigenvalue weighted by atomic mass is 16.2. The Kier molecular flexibility index (Phi) is 4.05. The average molecular weight is 383 g/mol. The molecule has 5 rings (SSSR count). The summed E-state index contributed by atoms with van der Waals surface area (Å²) in [6.45, 7) is 0. The van der Waals surface area contributed by atoms with Gasteiger partial charge in [-0.3, -0.25) is 9.59 Å². The van der Waals surface area contributed by atoms with Gasteiger partial charge in [-0.15, -0.1) is 0 Å². The Morgan fingerprint density at radius 2 is 1.72 bits per heavy atom. The van der Waals surface area contributed by atoms with E-state index in [1.165, 1.54) is 4.57 Å². The van der Waals surface area contributed by atoms with Crippen molar-refractivity contribution in [2.24, 2.45) is 11.0 Å². The van der Waals surface area contributed by atoms with Crippen molar-refractivity contribution in [3.63, 3.8) is 0 Å². The number of nitrogens with zero attached hydrogens (tertiary/aromatic N) is 3. The van der Waals surface area contributed by atoms with Crippen molar-refractivity contribution in [2.75, 3.05) is 5.43 Å². The number of benzene rings is 2. The van der Waals surface area contributed by atoms with Gasteiger partial charge in [0, 0.05) is 0 Å². The molecule has 0 spiro atoms. The first-order valence-corrected chi connectivity index (χ1v) is 9.29. The predicted molar refractivity (Wildman–Crippen MR) is 112 cm³/mol. The Labute approximate surface area is 166 Å². The maximum absolute atomic E-state index is 13.2. The third-order valence-corrected chi connectivity index (χ3v) is 5.05. The Morgan fingerprint density at radius 1 is 0.966 bits per heavy atom. The van der Waals surface area contributed by atoms with E-state index in [0.29, 0.717) is 22.3 Å². The largest absolute Gasteiger partial charge is 0.344 e. The van der Waals surface area contributed by atoms with E-state index in [4.69, 9.17) is 0 Å². The number of anilines is 1. The van der Waals surface area contributed by atoms with Gasteiger partial charge in [0.25, 0.3) is 11.5 Å². The van der Waals surface area contributed by atoms with Crippen LogP contribution in [0, 0.1) is 5.92 Å². The number of hydrazone groups is 1. The number of carbonyl (C=O) groups excluding carboxylic acids is 1. The first-order valence-electron chi connectivity index (χ1n) is 9.29. The average Bonchev–Trinajstić information content (AvgIpc) is 3.08. The minimum atomic E-state index is -0.238. The van der Waals surface area contributed by atoms with E-state index in [0.717, 1.165) is 0 Å². The van der Waals surface area contributed by atoms with Crippen molar-refractivity contribution in [1.29, 1.82) is 0 Å². The molecule has 2 N–H and O–H groups in total. The van der Waals surface area contributed by atoms with Crippen LogP contribution in [-0.2, 0) is 4.79 Å². The number of fused-ring (bicyclic) bond motifs is 2. The maximum Gasteiger partial charge on any atom is 0.268 e. The molecule has 2 heterocycles. The zero-order valence-electron chi connectivity index (χ0n) is 15.3. The Hall–Kier alpha value is -4.00. The topological polar surface area (TPSA) is 88.4 Å². The predicted octanol–water partition coefficient (Wildman–Crippen LogP) is 2.39. The molecular formula is C22H17N5O2. The summed E-state index contributed by atoms with van der Waals surface area (Å²) in [5.74, 6) is -0.144. The zero-order chi connectivity index (χ0) is 19.8. The lowest BCUT2D eigenvalue weighted by molar-refractivity contribution is -0.114. The molecule has 1 fully saturated rings. The highest BCUT2D eigenvalue weighted by molar-refractivity contribution is 6.42. The van der Waals surface area contributed by atoms with Gasteiger partial charge >= 0.3 is 0 Å². The molecule has 142 valence electrons. The van der Waals surface area contributed by atoms with Crippen LogP contribution in [0.4, 0.5) is 5.95 Å². The van der Waals surface area contributed by atoms with Crippen LogP contribution in [0.2, 0.25) is 0 Å². The van der Waals surface area contributed by atoms with E-state index in [9.17, 15) is 9.59 Å². The second kappa shape index (κ2) is 6.87. The lowest BCUT2D eigenvalue weighted by atomic mass is 9.95. The standard InChI is InChI=1S/C22H17N5O2/c28-20-19(15-10-4-6-12-17(15)23-20)25-26-22-24-18-13-7-5-11-16(18)21(29)27(22)14-8-2-1-3-9-14/h1-13,15,17H,(H,23,28)(H,24,26)/b25-19-/t15-,17+/m1/s1. The van der Waals surface area contributed by atoms with Gasteiger partial charge < -0.3 is 5.32 Å². The number of allylic oxidation sites excluding steroid dienone is 2. The molecule has 2 atom stereocenters. The minimum Gasteiger partial charge on any atom is -0.344 e. The van der Waals surface area contributed by atoms with Crippen molar-refractivity contribution in [1.82, 2.24) is 14.9 Å². The van der Waals surface area contributed by atoms with Crippen molar-refractivity contribution in [3.05, 3.63) is 89.3 Å². The van der Waals surface area contributed by atoms with Crippen LogP contribution in [0.1, 0.15) is 0 Å². The third-order valence-electron chi connectivity index (χ3n) is 5.05. The quantitative estimate of drug-likeness (QED) is 0.680. The summed E-state index contributed by atoms with van der Waals surface area (Å²) in [4.78, 5) is 30.1. The molecule has 0 bridgehead atoms. The molecule has 0 saturated carbocycles. The van der Waals surface area contributed by atoms with E-state index in [-0.39, 0.29) is 29.4 Å². The van der Waals surface area contributed by atoms with E-state index in [2.05, 4.69) is 20.8 Å². The minimum absolute atomic E-state index is 0.103. The van der Waals surface area contributed by atoms with Gasteiger partial charge in [0.1, 0.15) is 5.71 Å². The van der Waals surface area contributed by atoms with E-state index in [1.807, 2.05) is 60.7 Å². The molecule has 7 heteroatoms. The van der Waals surface area contributed by atoms with E-state index < -0.39 is 0 Å². The molecule has 29 heavy (non-hydrogen) atoms. The van der Waals surface area contributed by atoms with Gasteiger partial charge in [-0.25, -0.2) is 15.0 Å². The molecule has 1 aliphatic heterocycles. The molecule has 1 aromatic heterocycles. The van der Waals surface area contributed by atoms with Crippen LogP contribution in [0.3, 0.4) is 0 Å². The van der Waals surface area contributed by atoms with Gasteiger partial charge in [0.15, 0.2) is 0 Å². The second-order valence-electron chi connectivity index (χ2n) is 6.83. The molecular weight excluding hydrogens is 366 g/mol. The molecule has 0 radical (unpaired) electrons. The molecule has 2 aromatic carbocycles.